The molecule has 1 aromatic heterocycles. The van der Waals surface area contributed by atoms with Gasteiger partial charge in [0.1, 0.15) is 0 Å². The largest absolute Gasteiger partial charge is 0.465 e. The Balaban J connectivity index is 1.33. The van der Waals surface area contributed by atoms with E-state index in [1.807, 2.05) is 17.9 Å². The number of rotatable bonds is 4. The quantitative estimate of drug-likeness (QED) is 0.394. The number of hydrogen-bond acceptors (Lipinski definition) is 5. The van der Waals surface area contributed by atoms with Crippen LogP contribution in [-0.2, 0) is 17.5 Å². The van der Waals surface area contributed by atoms with Gasteiger partial charge in [-0.1, -0.05) is 30.7 Å². The minimum absolute atomic E-state index is 0.00763. The van der Waals surface area contributed by atoms with Crippen molar-refractivity contribution in [2.45, 2.75) is 32.1 Å². The van der Waals surface area contributed by atoms with Gasteiger partial charge >= 0.3 is 12.3 Å². The van der Waals surface area contributed by atoms with Gasteiger partial charge in [0.15, 0.2) is 5.17 Å². The summed E-state index contributed by atoms with van der Waals surface area (Å²) in [4.78, 5) is 32.1. The first-order chi connectivity index (χ1) is 18.5. The molecular weight excluding hydrogens is 555 g/mol. The number of nitrogens with zero attached hydrogens (tertiary/aromatic N) is 5. The van der Waals surface area contributed by atoms with E-state index in [0.717, 1.165) is 11.6 Å². The number of amidine groups is 1. The van der Waals surface area contributed by atoms with E-state index in [1.54, 1.807) is 24.4 Å². The van der Waals surface area contributed by atoms with Gasteiger partial charge in [0.2, 0.25) is 0 Å². The number of amides is 2. The third-order valence-corrected chi connectivity index (χ3v) is 8.02. The summed E-state index contributed by atoms with van der Waals surface area (Å²) >= 11 is 7.04. The lowest BCUT2D eigenvalue weighted by Gasteiger charge is -2.40. The van der Waals surface area contributed by atoms with E-state index in [-0.39, 0.29) is 29.1 Å². The number of aromatic nitrogens is 2. The molecule has 2 aromatic carbocycles. The third-order valence-electron chi connectivity index (χ3n) is 6.74. The predicted molar refractivity (Wildman–Crippen MR) is 144 cm³/mol. The van der Waals surface area contributed by atoms with E-state index in [1.165, 1.54) is 33.5 Å². The van der Waals surface area contributed by atoms with Crippen molar-refractivity contribution < 1.29 is 27.9 Å². The number of piperazine rings is 1. The number of aliphatic imine (C=N–C) groups is 1. The van der Waals surface area contributed by atoms with Gasteiger partial charge in [-0.25, -0.2) is 4.79 Å². The summed E-state index contributed by atoms with van der Waals surface area (Å²) in [5.74, 6) is -0.373. The Kier molecular flexibility index (Phi) is 7.34. The standard InChI is InChI=1S/C26H23ClF3N5O3S/c1-2-19-14-33(7-8-34(19)25(37)38)24-32-23(36)22(39-24)10-15-3-6-21-17(9-15)12-31-35(21)13-16-4-5-18(27)11-20(16)26(28,29)30/h3-6,9-12,19H,2,7-8,13-14H2,1H3,(H,37,38). The molecule has 39 heavy (non-hydrogen) atoms. The molecule has 0 aliphatic carbocycles. The maximum atomic E-state index is 13.5. The van der Waals surface area contributed by atoms with Crippen LogP contribution in [0.15, 0.2) is 52.5 Å². The van der Waals surface area contributed by atoms with Gasteiger partial charge in [0.25, 0.3) is 5.91 Å². The molecule has 1 atom stereocenters. The molecule has 3 aromatic rings. The number of carbonyl (C=O) groups excluding carboxylic acids is 1. The number of carbonyl (C=O) groups is 2. The average molecular weight is 578 g/mol. The first-order valence-corrected chi connectivity index (χ1v) is 13.3. The fourth-order valence-corrected chi connectivity index (χ4v) is 5.87. The summed E-state index contributed by atoms with van der Waals surface area (Å²) in [6.07, 6.45) is -1.56. The van der Waals surface area contributed by atoms with Gasteiger partial charge in [0.05, 0.1) is 34.8 Å². The van der Waals surface area contributed by atoms with Crippen molar-refractivity contribution in [3.63, 3.8) is 0 Å². The molecule has 1 unspecified atom stereocenters. The van der Waals surface area contributed by atoms with Crippen molar-refractivity contribution in [2.24, 2.45) is 4.99 Å². The van der Waals surface area contributed by atoms with E-state index in [0.29, 0.717) is 47.0 Å². The number of halogens is 4. The number of carboxylic acid groups (broad SMARTS) is 1. The molecule has 0 spiro atoms. The zero-order valence-electron chi connectivity index (χ0n) is 20.7. The summed E-state index contributed by atoms with van der Waals surface area (Å²) in [6.45, 7) is 3.08. The molecule has 5 rings (SSSR count). The van der Waals surface area contributed by atoms with Crippen LogP contribution in [0.3, 0.4) is 0 Å². The van der Waals surface area contributed by atoms with Gasteiger partial charge in [0, 0.05) is 30.0 Å². The Hall–Kier alpha value is -3.51. The van der Waals surface area contributed by atoms with Crippen LogP contribution in [0.4, 0.5) is 18.0 Å². The number of benzene rings is 2. The molecule has 2 aliphatic heterocycles. The summed E-state index contributed by atoms with van der Waals surface area (Å²) in [5, 5.41) is 14.9. The Labute approximate surface area is 230 Å². The van der Waals surface area contributed by atoms with Crippen LogP contribution in [0.25, 0.3) is 17.0 Å². The summed E-state index contributed by atoms with van der Waals surface area (Å²) in [7, 11) is 0. The monoisotopic (exact) mass is 577 g/mol. The van der Waals surface area contributed by atoms with Crippen molar-refractivity contribution in [1.29, 1.82) is 0 Å². The van der Waals surface area contributed by atoms with Gasteiger partial charge in [-0.2, -0.15) is 23.3 Å². The Morgan fingerprint density at radius 2 is 2.03 bits per heavy atom. The predicted octanol–water partition coefficient (Wildman–Crippen LogP) is 5.80. The van der Waals surface area contributed by atoms with E-state index < -0.39 is 17.8 Å². The molecule has 0 bridgehead atoms. The molecule has 2 amide bonds. The second kappa shape index (κ2) is 10.6. The molecule has 1 saturated heterocycles. The molecule has 3 heterocycles. The second-order valence-corrected chi connectivity index (χ2v) is 10.7. The highest BCUT2D eigenvalue weighted by Gasteiger charge is 2.35. The van der Waals surface area contributed by atoms with Crippen LogP contribution in [0.1, 0.15) is 30.0 Å². The first kappa shape index (κ1) is 27.1. The molecule has 8 nitrogen and oxygen atoms in total. The smallest absolute Gasteiger partial charge is 0.416 e. The highest BCUT2D eigenvalue weighted by Crippen LogP contribution is 2.35. The molecular formula is C26H23ClF3N5O3S. The lowest BCUT2D eigenvalue weighted by atomic mass is 10.1. The van der Waals surface area contributed by atoms with Crippen LogP contribution < -0.4 is 0 Å². The molecule has 204 valence electrons. The fraction of sp³-hybridized carbons (Fsp3) is 0.308. The number of fused-ring (bicyclic) bond motifs is 1. The number of alkyl halides is 3. The maximum Gasteiger partial charge on any atom is 0.416 e. The molecule has 13 heteroatoms. The van der Waals surface area contributed by atoms with E-state index in [9.17, 15) is 27.9 Å². The van der Waals surface area contributed by atoms with Crippen molar-refractivity contribution in [3.05, 3.63) is 69.2 Å². The fourth-order valence-electron chi connectivity index (χ4n) is 4.75. The Morgan fingerprint density at radius 1 is 1.23 bits per heavy atom. The topological polar surface area (TPSA) is 91.0 Å². The Bertz CT molecular complexity index is 1520. The zero-order chi connectivity index (χ0) is 27.9. The van der Waals surface area contributed by atoms with Gasteiger partial charge in [-0.15, -0.1) is 0 Å². The summed E-state index contributed by atoms with van der Waals surface area (Å²) < 4.78 is 42.0. The molecule has 1 N–H and O–H groups in total. The Morgan fingerprint density at radius 3 is 2.74 bits per heavy atom. The van der Waals surface area contributed by atoms with Crippen molar-refractivity contribution in [3.8, 4) is 0 Å². The van der Waals surface area contributed by atoms with E-state index >= 15 is 0 Å². The number of hydrogen-bond donors (Lipinski definition) is 1. The van der Waals surface area contributed by atoms with Crippen LogP contribution in [0.5, 0.6) is 0 Å². The number of thioether (sulfide) groups is 1. The summed E-state index contributed by atoms with van der Waals surface area (Å²) in [6, 6.07) is 8.83. The molecule has 0 saturated carbocycles. The second-order valence-electron chi connectivity index (χ2n) is 9.21. The first-order valence-electron chi connectivity index (χ1n) is 12.1. The maximum absolute atomic E-state index is 13.5. The minimum atomic E-state index is -4.55. The van der Waals surface area contributed by atoms with Gasteiger partial charge in [-0.3, -0.25) is 9.48 Å². The lowest BCUT2D eigenvalue weighted by molar-refractivity contribution is -0.138. The van der Waals surface area contributed by atoms with E-state index in [4.69, 9.17) is 11.6 Å². The summed E-state index contributed by atoms with van der Waals surface area (Å²) in [5.41, 5.74) is 0.612. The third kappa shape index (κ3) is 5.62. The normalized spacial score (nSPS) is 19.3. The highest BCUT2D eigenvalue weighted by atomic mass is 35.5. The van der Waals surface area contributed by atoms with Gasteiger partial charge in [-0.05, 0) is 59.7 Å². The molecule has 2 aliphatic rings. The van der Waals surface area contributed by atoms with Crippen LogP contribution in [-0.4, -0.2) is 67.5 Å². The molecule has 1 fully saturated rings. The van der Waals surface area contributed by atoms with Crippen molar-refractivity contribution in [1.82, 2.24) is 19.6 Å². The van der Waals surface area contributed by atoms with Crippen molar-refractivity contribution >= 4 is 57.5 Å². The zero-order valence-corrected chi connectivity index (χ0v) is 22.2. The highest BCUT2D eigenvalue weighted by molar-refractivity contribution is 8.18. The minimum Gasteiger partial charge on any atom is -0.465 e. The van der Waals surface area contributed by atoms with Crippen LogP contribution in [0, 0.1) is 0 Å². The van der Waals surface area contributed by atoms with Gasteiger partial charge < -0.3 is 14.9 Å². The lowest BCUT2D eigenvalue weighted by Crippen LogP contribution is -2.55. The molecule has 0 radical (unpaired) electrons. The van der Waals surface area contributed by atoms with Crippen LogP contribution in [0.2, 0.25) is 5.02 Å². The SMILES string of the molecule is CCC1CN(C2=NC(=O)C(=Cc3ccc4c(cnn4Cc4ccc(Cl)cc4C(F)(F)F)c3)S2)CCN1C(=O)O. The average Bonchev–Trinajstić information content (AvgIpc) is 3.46. The van der Waals surface area contributed by atoms with Crippen LogP contribution >= 0.6 is 23.4 Å². The van der Waals surface area contributed by atoms with E-state index in [2.05, 4.69) is 10.1 Å². The van der Waals surface area contributed by atoms with Crippen molar-refractivity contribution in [2.75, 3.05) is 19.6 Å².